The molecule has 0 saturated carbocycles. The fourth-order valence-corrected chi connectivity index (χ4v) is 0.0577. The van der Waals surface area contributed by atoms with Crippen LogP contribution in [0, 0.1) is 11.8 Å². The summed E-state index contributed by atoms with van der Waals surface area (Å²) < 4.78 is 25.0. The molecule has 0 unspecified atom stereocenters. The third kappa shape index (κ3) is 51.4. The maximum absolute atomic E-state index is 8.25. The highest BCUT2D eigenvalue weighted by molar-refractivity contribution is 4.41. The van der Waals surface area contributed by atoms with Gasteiger partial charge in [0.15, 0.2) is 0 Å². The average molecular weight is 188 g/mol. The molecule has 0 heterocycles. The average Bonchev–Trinajstić information content (AvgIpc) is 2.22. The lowest BCUT2D eigenvalue weighted by molar-refractivity contribution is 0.162. The van der Waals surface area contributed by atoms with Crippen LogP contribution < -0.4 is 0 Å². The minimum Gasteiger partial charge on any atom is -0.396 e. The summed E-state index contributed by atoms with van der Waals surface area (Å²) in [4.78, 5) is 0. The molecule has 0 fully saturated rings. The molecule has 0 aromatic rings. The van der Waals surface area contributed by atoms with Crippen molar-refractivity contribution in [1.82, 2.24) is 0 Å². The Kier molecular flexibility index (Phi) is 14.3. The van der Waals surface area contributed by atoms with Crippen LogP contribution in [-0.2, 0) is 0 Å². The van der Waals surface area contributed by atoms with E-state index in [4.69, 9.17) is 15.7 Å². The van der Waals surface area contributed by atoms with Gasteiger partial charge in [0, 0.05) is 24.6 Å². The number of rotatable bonds is 2. The maximum atomic E-state index is 8.25. The molecule has 12 heavy (non-hydrogen) atoms. The minimum absolute atomic E-state index is 0. The molecule has 2 heteroatoms. The quantitative estimate of drug-likeness (QED) is 0.699. The first-order chi connectivity index (χ1) is 7.03. The molecule has 0 aromatic carbocycles. The number of hydrogen-bond acceptors (Lipinski definition) is 2. The van der Waals surface area contributed by atoms with Crippen molar-refractivity contribution < 1.29 is 15.7 Å². The molecule has 0 saturated heterocycles. The molecule has 0 amide bonds. The van der Waals surface area contributed by atoms with Crippen molar-refractivity contribution >= 4 is 0 Å². The summed E-state index contributed by atoms with van der Waals surface area (Å²) in [5.74, 6) is 0.315. The molecule has 2 N–H and O–H groups in total. The monoisotopic (exact) mass is 188 g/mol. The van der Waals surface area contributed by atoms with Crippen LogP contribution in [0.15, 0.2) is 0 Å². The molecule has 0 radical (unpaired) electrons. The predicted octanol–water partition coefficient (Wildman–Crippen LogP) is 2.54. The van der Waals surface area contributed by atoms with Gasteiger partial charge in [-0.1, -0.05) is 42.5 Å². The van der Waals surface area contributed by atoms with Crippen LogP contribution in [-0.4, -0.2) is 23.4 Å². The third-order valence-electron chi connectivity index (χ3n) is 0.516. The Balaban J connectivity index is -0.0000000710. The lowest BCUT2D eigenvalue weighted by Crippen LogP contribution is -2.04. The second-order valence-corrected chi connectivity index (χ2v) is 2.63. The Morgan fingerprint density at radius 1 is 1.25 bits per heavy atom. The number of aliphatic hydroxyl groups excluding tert-OH is 2. The second kappa shape index (κ2) is 17.1. The summed E-state index contributed by atoms with van der Waals surface area (Å²) in [5.41, 5.74) is 0. The zero-order valence-corrected chi connectivity index (χ0v) is 7.58. The largest absolute Gasteiger partial charge is 0.396 e. The van der Waals surface area contributed by atoms with E-state index in [1.54, 1.807) is 0 Å². The highest BCUT2D eigenvalue weighted by Gasteiger charge is 1.91. The van der Waals surface area contributed by atoms with Crippen molar-refractivity contribution in [3.63, 3.8) is 0 Å². The predicted molar refractivity (Wildman–Crippen MR) is 57.3 cm³/mol. The summed E-state index contributed by atoms with van der Waals surface area (Å²) in [6, 6.07) is 0. The number of aliphatic hydroxyl groups is 2. The van der Waals surface area contributed by atoms with Crippen molar-refractivity contribution in [2.45, 2.75) is 42.5 Å². The lowest BCUT2D eigenvalue weighted by atomic mass is 10.2. The van der Waals surface area contributed by atoms with E-state index in [2.05, 4.69) is 0 Å². The van der Waals surface area contributed by atoms with Crippen LogP contribution >= 0.6 is 0 Å². The van der Waals surface area contributed by atoms with Crippen LogP contribution in [0.4, 0.5) is 0 Å². The zero-order chi connectivity index (χ0) is 12.7. The highest BCUT2D eigenvalue weighted by atomic mass is 16.3. The minimum atomic E-state index is -0.250. The van der Waals surface area contributed by atoms with E-state index >= 15 is 0 Å². The number of hydrogen-bond donors (Lipinski definition) is 2. The first-order valence-corrected chi connectivity index (χ1v) is 3.42. The normalized spacial score (nSPS) is 11.8. The summed E-state index contributed by atoms with van der Waals surface area (Å²) in [7, 11) is -0.250. The Hall–Kier alpha value is -0.0800. The van der Waals surface area contributed by atoms with Crippen molar-refractivity contribution in [1.29, 1.82) is 0 Å². The van der Waals surface area contributed by atoms with Gasteiger partial charge in [-0.25, -0.2) is 0 Å². The van der Waals surface area contributed by atoms with E-state index in [1.165, 1.54) is 0 Å². The van der Waals surface area contributed by atoms with Gasteiger partial charge in [0.1, 0.15) is 0 Å². The smallest absolute Gasteiger partial charge is 0.0478 e. The van der Waals surface area contributed by atoms with Crippen LogP contribution in [0.5, 0.6) is 0 Å². The standard InChI is InChI=1S/C4H10O2.C4H10.2CH4/c1-4(2-5)3-6;1-4(2)3;;/h4-6H,2-3H2,1H3;4H,1-3H3;2*1H4/i2*1T;1T2;. The molecule has 0 spiro atoms. The fourth-order valence-electron chi connectivity index (χ4n) is 0.0577. The lowest BCUT2D eigenvalue weighted by Gasteiger charge is -1.97. The van der Waals surface area contributed by atoms with Crippen LogP contribution in [0.2, 0.25) is 0 Å². The molecular formula is C10H28O2. The fraction of sp³-hybridized carbons (Fsp3) is 1.00. The van der Waals surface area contributed by atoms with E-state index in [-0.39, 0.29) is 40.8 Å². The van der Waals surface area contributed by atoms with Crippen molar-refractivity contribution in [3.05, 3.63) is 0 Å². The highest BCUT2D eigenvalue weighted by Crippen LogP contribution is 1.85. The van der Waals surface area contributed by atoms with Crippen LogP contribution in [0.3, 0.4) is 0 Å². The first-order valence-electron chi connectivity index (χ1n) is 6.25. The van der Waals surface area contributed by atoms with Gasteiger partial charge in [-0.15, -0.1) is 0 Å². The van der Waals surface area contributed by atoms with Crippen LogP contribution in [0.1, 0.15) is 47.9 Å². The van der Waals surface area contributed by atoms with Crippen molar-refractivity contribution in [3.8, 4) is 0 Å². The molecule has 0 bridgehead atoms. The van der Waals surface area contributed by atoms with E-state index in [9.17, 15) is 0 Å². The van der Waals surface area contributed by atoms with Gasteiger partial charge >= 0.3 is 0 Å². The molecule has 2 nitrogen and oxygen atoms in total. The van der Waals surface area contributed by atoms with Gasteiger partial charge in [-0.2, -0.15) is 0 Å². The second-order valence-electron chi connectivity index (χ2n) is 2.63. The van der Waals surface area contributed by atoms with Gasteiger partial charge < -0.3 is 10.2 Å². The van der Waals surface area contributed by atoms with Crippen molar-refractivity contribution in [2.24, 2.45) is 11.8 Å². The van der Waals surface area contributed by atoms with Gasteiger partial charge in [0.05, 0.1) is 0 Å². The molecule has 0 aliphatic carbocycles. The molecule has 0 rings (SSSR count). The van der Waals surface area contributed by atoms with E-state index < -0.39 is 0 Å². The molecule has 0 atom stereocenters. The molecule has 0 aliphatic rings. The Morgan fingerprint density at radius 3 is 1.58 bits per heavy atom. The molecule has 80 valence electrons. The Morgan fingerprint density at radius 2 is 1.58 bits per heavy atom. The summed E-state index contributed by atoms with van der Waals surface area (Å²) in [5, 5.41) is 16.5. The molecule has 0 aromatic heterocycles. The summed E-state index contributed by atoms with van der Waals surface area (Å²) in [6.07, 6.45) is 0. The first kappa shape index (κ1) is 10.0. The third-order valence-corrected chi connectivity index (χ3v) is 0.516. The zero-order valence-electron chi connectivity index (χ0n) is 11.6. The van der Waals surface area contributed by atoms with Gasteiger partial charge in [-0.3, -0.25) is 0 Å². The van der Waals surface area contributed by atoms with E-state index in [1.807, 2.05) is 13.8 Å². The Labute approximate surface area is 84.2 Å². The van der Waals surface area contributed by atoms with Crippen molar-refractivity contribution in [2.75, 3.05) is 13.2 Å². The maximum Gasteiger partial charge on any atom is 0.0478 e. The Bertz CT molecular complexity index is 85.4. The summed E-state index contributed by atoms with van der Waals surface area (Å²) >= 11 is 0. The summed E-state index contributed by atoms with van der Waals surface area (Å²) in [6.45, 7) is 4.56. The van der Waals surface area contributed by atoms with Crippen LogP contribution in [0.25, 0.3) is 0 Å². The topological polar surface area (TPSA) is 40.5 Å². The van der Waals surface area contributed by atoms with E-state index in [0.29, 0.717) is 12.8 Å². The SMILES string of the molecule is C.[3H]CC(C)C.[3H]CC(CO)CO.[3H]C[3H]. The van der Waals surface area contributed by atoms with Gasteiger partial charge in [-0.05, 0) is 5.92 Å². The van der Waals surface area contributed by atoms with E-state index in [0.717, 1.165) is 0 Å². The molecule has 0 aliphatic heterocycles. The van der Waals surface area contributed by atoms with Gasteiger partial charge in [0.25, 0.3) is 0 Å². The van der Waals surface area contributed by atoms with Gasteiger partial charge in [0.2, 0.25) is 0 Å². The molecular weight excluding hydrogens is 152 g/mol.